The molecule has 0 aliphatic rings. The second-order valence-corrected chi connectivity index (χ2v) is 4.60. The predicted molar refractivity (Wildman–Crippen MR) is 61.2 cm³/mol. The first kappa shape index (κ1) is 15.0. The number of hydrogen-bond acceptors (Lipinski definition) is 4. The lowest BCUT2D eigenvalue weighted by molar-refractivity contribution is 0.193. The van der Waals surface area contributed by atoms with E-state index in [1.807, 2.05) is 0 Å². The molecule has 0 saturated carbocycles. The summed E-state index contributed by atoms with van der Waals surface area (Å²) >= 11 is 0. The molecule has 0 aliphatic carbocycles. The summed E-state index contributed by atoms with van der Waals surface area (Å²) in [7, 11) is 0.332. The van der Waals surface area contributed by atoms with Crippen molar-refractivity contribution in [1.82, 2.24) is 16.0 Å². The smallest absolute Gasteiger partial charge is 0.315 e. The van der Waals surface area contributed by atoms with Gasteiger partial charge >= 0.3 is 18.1 Å². The molecule has 9 N–H and O–H groups in total. The lowest BCUT2D eigenvalue weighted by atomic mass is 10.4. The van der Waals surface area contributed by atoms with Crippen molar-refractivity contribution >= 4 is 27.9 Å². The van der Waals surface area contributed by atoms with E-state index in [4.69, 9.17) is 21.6 Å². The first-order chi connectivity index (χ1) is 7.81. The Morgan fingerprint density at radius 1 is 1.06 bits per heavy atom. The van der Waals surface area contributed by atoms with Crippen molar-refractivity contribution in [3.63, 3.8) is 0 Å². The van der Waals surface area contributed by atoms with Gasteiger partial charge in [0.1, 0.15) is 0 Å². The maximum Gasteiger partial charge on any atom is 0.315 e. The van der Waals surface area contributed by atoms with Crippen LogP contribution >= 0.6 is 0 Å². The maximum absolute atomic E-state index is 10.8. The molecule has 0 aromatic rings. The molecule has 0 bridgehead atoms. The molecule has 0 fully saturated rings. The van der Waals surface area contributed by atoms with Gasteiger partial charge in [-0.05, 0) is 0 Å². The fraction of sp³-hybridized carbons (Fsp3) is 0.500. The fourth-order valence-electron chi connectivity index (χ4n) is 1.17. The number of nitrogens with one attached hydrogen (secondary N) is 3. The van der Waals surface area contributed by atoms with E-state index in [1.54, 1.807) is 0 Å². The Labute approximate surface area is 99.5 Å². The Hall–Kier alpha value is -2.01. The van der Waals surface area contributed by atoms with Crippen LogP contribution in [0.2, 0.25) is 6.04 Å². The zero-order chi connectivity index (χ0) is 13.5. The molecule has 0 aromatic carbocycles. The van der Waals surface area contributed by atoms with Crippen LogP contribution in [0.4, 0.5) is 14.4 Å². The van der Waals surface area contributed by atoms with Crippen LogP contribution in [0.15, 0.2) is 0 Å². The lowest BCUT2D eigenvalue weighted by Gasteiger charge is -2.34. The molecule has 0 aromatic heterocycles. The van der Waals surface area contributed by atoms with Gasteiger partial charge < -0.3 is 21.6 Å². The van der Waals surface area contributed by atoms with E-state index in [1.165, 1.54) is 7.11 Å². The number of rotatable bonds is 6. The monoisotopic (exact) mass is 264 g/mol. The second kappa shape index (κ2) is 6.54. The zero-order valence-electron chi connectivity index (χ0n) is 9.28. The molecule has 6 amide bonds. The quantitative estimate of drug-likeness (QED) is 0.219. The van der Waals surface area contributed by atoms with Crippen molar-refractivity contribution in [2.24, 2.45) is 17.2 Å². The van der Waals surface area contributed by atoms with Crippen LogP contribution in [-0.2, 0) is 4.43 Å². The highest BCUT2D eigenvalue weighted by molar-refractivity contribution is 6.27. The Morgan fingerprint density at radius 3 is 1.65 bits per heavy atom. The van der Waals surface area contributed by atoms with Crippen molar-refractivity contribution in [3.8, 4) is 0 Å². The fourth-order valence-corrected chi connectivity index (χ4v) is 2.05. The van der Waals surface area contributed by atoms with Crippen molar-refractivity contribution < 1.29 is 18.8 Å². The number of carbonyl (C=O) groups is 3. The molecule has 0 atom stereocenters. The van der Waals surface area contributed by atoms with Gasteiger partial charge in [0.25, 0.3) is 0 Å². The third-order valence-corrected chi connectivity index (χ3v) is 3.05. The van der Waals surface area contributed by atoms with Crippen molar-refractivity contribution in [2.75, 3.05) is 7.11 Å². The average Bonchev–Trinajstić information content (AvgIpc) is 2.11. The van der Waals surface area contributed by atoms with Crippen LogP contribution in [0.5, 0.6) is 0 Å². The van der Waals surface area contributed by atoms with Crippen LogP contribution in [-0.4, -0.2) is 40.8 Å². The van der Waals surface area contributed by atoms with E-state index in [2.05, 4.69) is 16.0 Å². The van der Waals surface area contributed by atoms with Gasteiger partial charge in [-0.1, -0.05) is 0 Å². The van der Waals surface area contributed by atoms with E-state index in [9.17, 15) is 14.4 Å². The van der Waals surface area contributed by atoms with Crippen LogP contribution in [0.25, 0.3) is 0 Å². The van der Waals surface area contributed by atoms with E-state index < -0.39 is 33.6 Å². The second-order valence-electron chi connectivity index (χ2n) is 3.12. The highest BCUT2D eigenvalue weighted by Gasteiger charge is 2.33. The summed E-state index contributed by atoms with van der Waals surface area (Å²) in [5.74, 6) is -1.62. The van der Waals surface area contributed by atoms with Gasteiger partial charge in [0.2, 0.25) is 0 Å². The number of primary amides is 3. The SMILES string of the molecule is CO[SiH2]CC(NC(N)=O)(NC(N)=O)NC(N)=O. The molecule has 0 unspecified atom stereocenters. The summed E-state index contributed by atoms with van der Waals surface area (Å²) in [4.78, 5) is 32.5. The minimum atomic E-state index is -1.62. The third-order valence-electron chi connectivity index (χ3n) is 1.69. The Bertz CT molecular complexity index is 270. The molecule has 0 radical (unpaired) electrons. The van der Waals surface area contributed by atoms with Crippen LogP contribution < -0.4 is 33.2 Å². The predicted octanol–water partition coefficient (Wildman–Crippen LogP) is -3.21. The number of nitrogens with two attached hydrogens (primary N) is 3. The number of carbonyl (C=O) groups excluding carboxylic acids is 3. The van der Waals surface area contributed by atoms with Gasteiger partial charge in [0, 0.05) is 13.2 Å². The van der Waals surface area contributed by atoms with Crippen LogP contribution in [0.3, 0.4) is 0 Å². The molecule has 0 heterocycles. The summed E-state index contributed by atoms with van der Waals surface area (Å²) < 4.78 is 4.90. The van der Waals surface area contributed by atoms with E-state index in [-0.39, 0.29) is 6.04 Å². The molecule has 0 aliphatic heterocycles. The molecule has 17 heavy (non-hydrogen) atoms. The summed E-state index contributed by atoms with van der Waals surface area (Å²) in [6.07, 6.45) is 0. The van der Waals surface area contributed by atoms with Gasteiger partial charge in [0.15, 0.2) is 15.5 Å². The van der Waals surface area contributed by atoms with Crippen LogP contribution in [0, 0.1) is 0 Å². The minimum absolute atomic E-state index is 0.123. The first-order valence-electron chi connectivity index (χ1n) is 4.53. The minimum Gasteiger partial charge on any atom is -0.427 e. The summed E-state index contributed by atoms with van der Waals surface area (Å²) in [6, 6.07) is -2.76. The summed E-state index contributed by atoms with van der Waals surface area (Å²) in [6.45, 7) is 0. The molecular weight excluding hydrogens is 248 g/mol. The Balaban J connectivity index is 4.95. The third kappa shape index (κ3) is 6.21. The Kier molecular flexibility index (Phi) is 5.77. The lowest BCUT2D eigenvalue weighted by Crippen LogP contribution is -2.72. The van der Waals surface area contributed by atoms with Gasteiger partial charge in [0.05, 0.1) is 0 Å². The molecule has 0 spiro atoms. The first-order valence-corrected chi connectivity index (χ1v) is 6.11. The number of amides is 6. The van der Waals surface area contributed by atoms with Gasteiger partial charge in [-0.25, -0.2) is 14.4 Å². The largest absolute Gasteiger partial charge is 0.427 e. The maximum atomic E-state index is 10.8. The van der Waals surface area contributed by atoms with Crippen molar-refractivity contribution in [2.45, 2.75) is 11.8 Å². The van der Waals surface area contributed by atoms with Gasteiger partial charge in [-0.2, -0.15) is 0 Å². The normalized spacial score (nSPS) is 11.1. The Morgan fingerprint density at radius 2 is 1.41 bits per heavy atom. The highest BCUT2D eigenvalue weighted by Crippen LogP contribution is 2.02. The molecular formula is C6H16N6O4Si. The van der Waals surface area contributed by atoms with E-state index in [0.29, 0.717) is 0 Å². The number of hydrogen-bond donors (Lipinski definition) is 6. The summed E-state index contributed by atoms with van der Waals surface area (Å²) in [5, 5.41) is 6.48. The molecule has 0 rings (SSSR count). The average molecular weight is 264 g/mol. The molecule has 98 valence electrons. The molecule has 11 heteroatoms. The van der Waals surface area contributed by atoms with E-state index in [0.717, 1.165) is 0 Å². The topological polar surface area (TPSA) is 175 Å². The number of urea groups is 3. The molecule has 0 saturated heterocycles. The van der Waals surface area contributed by atoms with Crippen LogP contribution in [0.1, 0.15) is 0 Å². The van der Waals surface area contributed by atoms with Crippen molar-refractivity contribution in [3.05, 3.63) is 0 Å². The highest BCUT2D eigenvalue weighted by atomic mass is 28.2. The molecule has 10 nitrogen and oxygen atoms in total. The van der Waals surface area contributed by atoms with Gasteiger partial charge in [-0.3, -0.25) is 16.0 Å². The van der Waals surface area contributed by atoms with Gasteiger partial charge in [-0.15, -0.1) is 0 Å². The standard InChI is InChI=1S/C6H16N6O4Si/c1-16-17-2-6(10-3(7)13,11-4(8)14)12-5(9)15/h2,17H2,1H3,(H3,7,10,13)(H3,8,11,14)(H3,9,12,15). The van der Waals surface area contributed by atoms with Crippen molar-refractivity contribution in [1.29, 1.82) is 0 Å². The zero-order valence-corrected chi connectivity index (χ0v) is 10.7. The summed E-state index contributed by atoms with van der Waals surface area (Å²) in [5.41, 5.74) is 14.8. The van der Waals surface area contributed by atoms with E-state index >= 15 is 0 Å².